The molecule has 1 aromatic carbocycles. The minimum Gasteiger partial charge on any atom is -0.481 e. The number of rotatable bonds is 7. The summed E-state index contributed by atoms with van der Waals surface area (Å²) in [5, 5.41) is 13.6. The molecular weight excluding hydrogens is 670 g/mol. The lowest BCUT2D eigenvalue weighted by atomic mass is 9.97. The fourth-order valence-corrected chi connectivity index (χ4v) is 6.49. The van der Waals surface area contributed by atoms with E-state index in [9.17, 15) is 35.9 Å². The minimum absolute atomic E-state index is 0.0120. The van der Waals surface area contributed by atoms with Gasteiger partial charge in [0.2, 0.25) is 5.91 Å². The quantitative estimate of drug-likeness (QED) is 0.278. The van der Waals surface area contributed by atoms with Crippen LogP contribution in [0.2, 0.25) is 4.34 Å². The number of amides is 1. The van der Waals surface area contributed by atoms with Gasteiger partial charge in [0, 0.05) is 34.7 Å². The third kappa shape index (κ3) is 7.52. The Hall–Kier alpha value is -2.85. The number of alkyl halides is 6. The van der Waals surface area contributed by atoms with E-state index in [-0.39, 0.29) is 40.4 Å². The molecule has 0 atom stereocenters. The summed E-state index contributed by atoms with van der Waals surface area (Å²) in [6.45, 7) is 2.39. The zero-order chi connectivity index (χ0) is 30.3. The number of halogens is 8. The van der Waals surface area contributed by atoms with E-state index in [4.69, 9.17) is 16.7 Å². The molecule has 0 bridgehead atoms. The number of hydrogen-bond acceptors (Lipinski definition) is 6. The van der Waals surface area contributed by atoms with Gasteiger partial charge in [-0.2, -0.15) is 18.3 Å². The maximum absolute atomic E-state index is 13.5. The first-order valence-electron chi connectivity index (χ1n) is 11.9. The van der Waals surface area contributed by atoms with Gasteiger partial charge < -0.3 is 14.7 Å². The summed E-state index contributed by atoms with van der Waals surface area (Å²) in [6.07, 6.45) is -9.76. The molecule has 0 unspecified atom stereocenters. The molecule has 1 N–H and O–H groups in total. The zero-order valence-electron chi connectivity index (χ0n) is 20.9. The second-order valence-corrected chi connectivity index (χ2v) is 11.7. The number of aromatic nitrogens is 3. The lowest BCUT2D eigenvalue weighted by Crippen LogP contribution is -2.40. The van der Waals surface area contributed by atoms with Gasteiger partial charge in [-0.05, 0) is 38.0 Å². The first-order valence-corrected chi connectivity index (χ1v) is 13.9. The molecule has 1 saturated heterocycles. The first kappa shape index (κ1) is 31.1. The van der Waals surface area contributed by atoms with Crippen LogP contribution in [0.4, 0.5) is 26.3 Å². The minimum atomic E-state index is -5.36. The highest BCUT2D eigenvalue weighted by Crippen LogP contribution is 2.47. The lowest BCUT2D eigenvalue weighted by Gasteiger charge is -2.31. The number of carbonyl (C=O) groups is 2. The molecular formula is C24H20BrClF6N4O4S. The third-order valence-corrected chi connectivity index (χ3v) is 8.33. The van der Waals surface area contributed by atoms with E-state index in [1.807, 2.05) is 0 Å². The van der Waals surface area contributed by atoms with Gasteiger partial charge >= 0.3 is 18.5 Å². The van der Waals surface area contributed by atoms with Crippen LogP contribution in [-0.2, 0) is 28.7 Å². The van der Waals surface area contributed by atoms with Crippen molar-refractivity contribution in [2.45, 2.75) is 51.2 Å². The summed E-state index contributed by atoms with van der Waals surface area (Å²) < 4.78 is 83.5. The van der Waals surface area contributed by atoms with Crippen molar-refractivity contribution in [2.75, 3.05) is 13.1 Å². The van der Waals surface area contributed by atoms with E-state index < -0.39 is 34.3 Å². The Kier molecular flexibility index (Phi) is 8.95. The van der Waals surface area contributed by atoms with Crippen LogP contribution in [0, 0.1) is 6.92 Å². The molecule has 1 aliphatic rings. The van der Waals surface area contributed by atoms with Crippen LogP contribution >= 0.6 is 38.9 Å². The van der Waals surface area contributed by atoms with Crippen molar-refractivity contribution in [1.82, 2.24) is 19.7 Å². The number of hydrogen-bond donors (Lipinski definition) is 1. The molecule has 0 spiro atoms. The molecule has 1 fully saturated rings. The van der Waals surface area contributed by atoms with Crippen molar-refractivity contribution in [1.29, 1.82) is 0 Å². The van der Waals surface area contributed by atoms with Crippen molar-refractivity contribution in [2.24, 2.45) is 0 Å². The number of carboxylic acid groups (broad SMARTS) is 1. The van der Waals surface area contributed by atoms with Gasteiger partial charge in [0.25, 0.3) is 0 Å². The lowest BCUT2D eigenvalue weighted by molar-refractivity contribution is -0.276. The zero-order valence-corrected chi connectivity index (χ0v) is 24.1. The number of benzene rings is 1. The molecule has 8 nitrogen and oxygen atoms in total. The molecule has 3 aromatic rings. The van der Waals surface area contributed by atoms with E-state index in [0.717, 1.165) is 17.4 Å². The highest BCUT2D eigenvalue weighted by Gasteiger charge is 2.41. The summed E-state index contributed by atoms with van der Waals surface area (Å²) in [5.74, 6) is -2.82. The van der Waals surface area contributed by atoms with E-state index >= 15 is 0 Å². The van der Waals surface area contributed by atoms with Crippen LogP contribution in [0.15, 0.2) is 22.7 Å². The number of ether oxygens (including phenoxy) is 1. The fraction of sp³-hybridized carbons (Fsp3) is 0.417. The number of aryl methyl sites for hydroxylation is 1. The van der Waals surface area contributed by atoms with Crippen LogP contribution in [-0.4, -0.2) is 56.1 Å². The molecule has 2 aromatic heterocycles. The van der Waals surface area contributed by atoms with E-state index in [2.05, 4.69) is 30.7 Å². The van der Waals surface area contributed by atoms with Gasteiger partial charge in [-0.15, -0.1) is 24.5 Å². The predicted molar refractivity (Wildman–Crippen MR) is 139 cm³/mol. The standard InChI is InChI=1S/C24H20BrClF6N4O4S/c1-11-6-14(9-18(38)39)34-36(11)10-17(37)35-4-2-12(3-5-35)22-33-20(21(26)41-22)13-7-15(25)19(23(27,28)29)16(8-13)40-24(30,31)32/h6-8,12H,2-5,9-10H2,1H3,(H,38,39). The van der Waals surface area contributed by atoms with Gasteiger partial charge in [-0.25, -0.2) is 4.98 Å². The SMILES string of the molecule is Cc1cc(CC(=O)O)nn1CC(=O)N1CCC(c2nc(-c3cc(Br)c(C(F)(F)F)c(OC(F)(F)F)c3)c(Cl)s2)CC1. The van der Waals surface area contributed by atoms with Crippen LogP contribution in [0.5, 0.6) is 5.75 Å². The molecule has 1 amide bonds. The molecule has 0 radical (unpaired) electrons. The molecule has 0 saturated carbocycles. The van der Waals surface area contributed by atoms with E-state index in [1.54, 1.807) is 17.9 Å². The van der Waals surface area contributed by atoms with Gasteiger partial charge in [0.05, 0.1) is 17.1 Å². The Bertz CT molecular complexity index is 1470. The molecule has 17 heteroatoms. The largest absolute Gasteiger partial charge is 0.573 e. The average Bonchev–Trinajstić information content (AvgIpc) is 3.38. The number of carboxylic acids is 1. The van der Waals surface area contributed by atoms with Gasteiger partial charge in [0.15, 0.2) is 0 Å². The topological polar surface area (TPSA) is 97.5 Å². The maximum atomic E-state index is 13.5. The summed E-state index contributed by atoms with van der Waals surface area (Å²) in [7, 11) is 0. The van der Waals surface area contributed by atoms with Crippen molar-refractivity contribution in [3.05, 3.63) is 49.0 Å². The molecule has 41 heavy (non-hydrogen) atoms. The Morgan fingerprint density at radius 1 is 1.17 bits per heavy atom. The molecule has 4 rings (SSSR count). The fourth-order valence-electron chi connectivity index (χ4n) is 4.45. The van der Waals surface area contributed by atoms with Crippen LogP contribution in [0.3, 0.4) is 0 Å². The van der Waals surface area contributed by atoms with Gasteiger partial charge in [-0.3, -0.25) is 14.3 Å². The van der Waals surface area contributed by atoms with Crippen molar-refractivity contribution < 1.29 is 45.8 Å². The number of piperidine rings is 1. The normalized spacial score (nSPS) is 14.9. The summed E-state index contributed by atoms with van der Waals surface area (Å²) in [4.78, 5) is 29.8. The van der Waals surface area contributed by atoms with Crippen LogP contribution in [0.25, 0.3) is 11.3 Å². The maximum Gasteiger partial charge on any atom is 0.573 e. The van der Waals surface area contributed by atoms with Crippen molar-refractivity contribution >= 4 is 50.7 Å². The molecule has 1 aliphatic heterocycles. The predicted octanol–water partition coefficient (Wildman–Crippen LogP) is 6.68. The monoisotopic (exact) mass is 688 g/mol. The van der Waals surface area contributed by atoms with E-state index in [1.165, 1.54) is 4.68 Å². The molecule has 3 heterocycles. The number of thiazole rings is 1. The first-order chi connectivity index (χ1) is 19.0. The average molecular weight is 690 g/mol. The molecule has 0 aliphatic carbocycles. The third-order valence-electron chi connectivity index (χ3n) is 6.29. The summed E-state index contributed by atoms with van der Waals surface area (Å²) >= 11 is 10.1. The van der Waals surface area contributed by atoms with Crippen molar-refractivity contribution in [3.63, 3.8) is 0 Å². The Morgan fingerprint density at radius 2 is 1.83 bits per heavy atom. The van der Waals surface area contributed by atoms with Crippen molar-refractivity contribution in [3.8, 4) is 17.0 Å². The Morgan fingerprint density at radius 3 is 2.41 bits per heavy atom. The highest BCUT2D eigenvalue weighted by atomic mass is 79.9. The highest BCUT2D eigenvalue weighted by molar-refractivity contribution is 9.10. The smallest absolute Gasteiger partial charge is 0.481 e. The molecule has 222 valence electrons. The van der Waals surface area contributed by atoms with Crippen LogP contribution in [0.1, 0.15) is 40.7 Å². The van der Waals surface area contributed by atoms with Gasteiger partial charge in [0.1, 0.15) is 27.9 Å². The summed E-state index contributed by atoms with van der Waals surface area (Å²) in [6, 6.07) is 3.19. The van der Waals surface area contributed by atoms with Crippen LogP contribution < -0.4 is 4.74 Å². The second kappa shape index (κ2) is 11.8. The Balaban J connectivity index is 1.48. The number of carbonyl (C=O) groups excluding carboxylic acids is 1. The van der Waals surface area contributed by atoms with E-state index in [0.29, 0.717) is 48.4 Å². The number of aliphatic carboxylic acids is 1. The van der Waals surface area contributed by atoms with Gasteiger partial charge in [-0.1, -0.05) is 27.5 Å². The Labute approximate surface area is 246 Å². The summed E-state index contributed by atoms with van der Waals surface area (Å²) in [5.41, 5.74) is -0.715. The second-order valence-electron chi connectivity index (χ2n) is 9.21. The number of nitrogens with zero attached hydrogens (tertiary/aromatic N) is 4. The number of likely N-dealkylation sites (tertiary alicyclic amines) is 1.